The lowest BCUT2D eigenvalue weighted by Gasteiger charge is -2.26. The molecule has 0 aromatic carbocycles. The summed E-state index contributed by atoms with van der Waals surface area (Å²) < 4.78 is 11.1. The summed E-state index contributed by atoms with van der Waals surface area (Å²) in [6, 6.07) is 0. The Bertz CT molecular complexity index is 570. The number of hydrogen-bond acceptors (Lipinski definition) is 4. The molecule has 0 heterocycles. The van der Waals surface area contributed by atoms with Crippen LogP contribution in [0.25, 0.3) is 0 Å². The van der Waals surface area contributed by atoms with Gasteiger partial charge in [-0.2, -0.15) is 0 Å². The molecule has 0 radical (unpaired) electrons. The summed E-state index contributed by atoms with van der Waals surface area (Å²) in [6.45, 7) is 14.6. The second kappa shape index (κ2) is 12.2. The van der Waals surface area contributed by atoms with Gasteiger partial charge in [0.15, 0.2) is 0 Å². The Morgan fingerprint density at radius 2 is 1.41 bits per heavy atom. The quantitative estimate of drug-likeness (QED) is 0.454. The van der Waals surface area contributed by atoms with Crippen LogP contribution in [-0.4, -0.2) is 50.3 Å². The molecule has 1 fully saturated rings. The number of carbonyl (C=O) groups is 2. The van der Waals surface area contributed by atoms with Gasteiger partial charge in [-0.1, -0.05) is 11.8 Å². The van der Waals surface area contributed by atoms with E-state index in [1.165, 1.54) is 0 Å². The number of rotatable bonds is 9. The summed E-state index contributed by atoms with van der Waals surface area (Å²) >= 11 is 0. The van der Waals surface area contributed by atoms with Crippen LogP contribution >= 0.6 is 0 Å². The summed E-state index contributed by atoms with van der Waals surface area (Å²) in [5.74, 6) is 6.21. The predicted octanol–water partition coefficient (Wildman–Crippen LogP) is 2.91. The number of nitrogens with one attached hydrogen (secondary N) is 2. The molecule has 0 bridgehead atoms. The zero-order valence-corrected chi connectivity index (χ0v) is 19.2. The van der Waals surface area contributed by atoms with Crippen LogP contribution < -0.4 is 10.6 Å². The monoisotopic (exact) mass is 408 g/mol. The molecule has 0 atom stereocenters. The Kier molecular flexibility index (Phi) is 10.7. The molecule has 0 aromatic rings. The fraction of sp³-hybridized carbons (Fsp3) is 0.826. The largest absolute Gasteiger partial charge is 0.377 e. The summed E-state index contributed by atoms with van der Waals surface area (Å²) in [6.07, 6.45) is 2.99. The minimum atomic E-state index is -0.160. The summed E-state index contributed by atoms with van der Waals surface area (Å²) in [7, 11) is 0. The van der Waals surface area contributed by atoms with E-state index in [9.17, 15) is 9.59 Å². The van der Waals surface area contributed by atoms with Gasteiger partial charge >= 0.3 is 0 Å². The van der Waals surface area contributed by atoms with E-state index >= 15 is 0 Å². The lowest BCUT2D eigenvalue weighted by atomic mass is 9.81. The van der Waals surface area contributed by atoms with Crippen LogP contribution in [0.5, 0.6) is 0 Å². The van der Waals surface area contributed by atoms with E-state index in [-0.39, 0.29) is 34.7 Å². The van der Waals surface area contributed by atoms with Crippen molar-refractivity contribution in [1.29, 1.82) is 0 Å². The molecule has 0 aliphatic heterocycles. The van der Waals surface area contributed by atoms with Crippen molar-refractivity contribution in [2.24, 2.45) is 17.3 Å². The van der Waals surface area contributed by atoms with Gasteiger partial charge in [-0.15, -0.1) is 0 Å². The van der Waals surface area contributed by atoms with E-state index in [2.05, 4.69) is 22.5 Å². The molecular formula is C23H40N2O4. The summed E-state index contributed by atoms with van der Waals surface area (Å²) in [5, 5.41) is 5.83. The molecule has 1 saturated carbocycles. The number of amides is 2. The SMILES string of the molecule is CC(C)(C)C#CCNC(=O)C1CCC(C(=O)NCCOCCOC(C)(C)C)CC1. The molecule has 166 valence electrons. The predicted molar refractivity (Wildman–Crippen MR) is 115 cm³/mol. The van der Waals surface area contributed by atoms with Crippen molar-refractivity contribution in [3.05, 3.63) is 0 Å². The van der Waals surface area contributed by atoms with Crippen molar-refractivity contribution in [3.8, 4) is 11.8 Å². The van der Waals surface area contributed by atoms with Gasteiger partial charge in [-0.25, -0.2) is 0 Å². The first-order valence-corrected chi connectivity index (χ1v) is 10.7. The first-order chi connectivity index (χ1) is 13.5. The Balaban J connectivity index is 2.14. The molecule has 1 rings (SSSR count). The number of hydrogen-bond donors (Lipinski definition) is 2. The zero-order valence-electron chi connectivity index (χ0n) is 19.2. The third-order valence-corrected chi connectivity index (χ3v) is 4.59. The molecule has 29 heavy (non-hydrogen) atoms. The molecule has 2 amide bonds. The normalized spacial score (nSPS) is 19.8. The highest BCUT2D eigenvalue weighted by atomic mass is 16.5. The van der Waals surface area contributed by atoms with E-state index < -0.39 is 0 Å². The van der Waals surface area contributed by atoms with Gasteiger partial charge in [0.1, 0.15) is 0 Å². The molecule has 0 unspecified atom stereocenters. The smallest absolute Gasteiger partial charge is 0.223 e. The minimum Gasteiger partial charge on any atom is -0.377 e. The first kappa shape index (κ1) is 25.5. The second-order valence-corrected chi connectivity index (χ2v) is 9.68. The van der Waals surface area contributed by atoms with Crippen LogP contribution in [0.15, 0.2) is 0 Å². The van der Waals surface area contributed by atoms with Gasteiger partial charge < -0.3 is 20.1 Å². The van der Waals surface area contributed by atoms with E-state index in [4.69, 9.17) is 9.47 Å². The van der Waals surface area contributed by atoms with Crippen LogP contribution in [-0.2, 0) is 19.1 Å². The van der Waals surface area contributed by atoms with Crippen LogP contribution in [0.3, 0.4) is 0 Å². The van der Waals surface area contributed by atoms with Crippen LogP contribution in [0.4, 0.5) is 0 Å². The van der Waals surface area contributed by atoms with E-state index in [1.54, 1.807) is 0 Å². The molecule has 6 nitrogen and oxygen atoms in total. The van der Waals surface area contributed by atoms with Gasteiger partial charge in [-0.05, 0) is 67.2 Å². The van der Waals surface area contributed by atoms with Crippen LogP contribution in [0.1, 0.15) is 67.2 Å². The molecule has 0 saturated heterocycles. The van der Waals surface area contributed by atoms with E-state index in [0.29, 0.717) is 32.9 Å². The van der Waals surface area contributed by atoms with E-state index in [1.807, 2.05) is 41.5 Å². The Morgan fingerprint density at radius 3 is 1.93 bits per heavy atom. The summed E-state index contributed by atoms with van der Waals surface area (Å²) in [4.78, 5) is 24.5. The standard InChI is InChI=1S/C23H40N2O4/c1-22(2,3)12-7-13-24-20(26)18-8-10-19(11-9-18)21(27)25-14-15-28-16-17-29-23(4,5)6/h18-19H,8-11,13-17H2,1-6H3,(H,24,26)(H,25,27). The Labute approximate surface area is 176 Å². The van der Waals surface area contributed by atoms with Crippen LogP contribution in [0.2, 0.25) is 0 Å². The highest BCUT2D eigenvalue weighted by Crippen LogP contribution is 2.29. The third kappa shape index (κ3) is 12.6. The second-order valence-electron chi connectivity index (χ2n) is 9.68. The fourth-order valence-electron chi connectivity index (χ4n) is 3.10. The topological polar surface area (TPSA) is 76.7 Å². The van der Waals surface area contributed by atoms with Crippen molar-refractivity contribution in [2.75, 3.05) is 32.9 Å². The van der Waals surface area contributed by atoms with Gasteiger partial charge in [0.05, 0.1) is 32.0 Å². The molecule has 6 heteroatoms. The minimum absolute atomic E-state index is 0.0102. The Hall–Kier alpha value is -1.58. The molecular weight excluding hydrogens is 368 g/mol. The summed E-state index contributed by atoms with van der Waals surface area (Å²) in [5.41, 5.74) is -0.214. The van der Waals surface area contributed by atoms with Crippen molar-refractivity contribution in [2.45, 2.75) is 72.8 Å². The highest BCUT2D eigenvalue weighted by Gasteiger charge is 2.29. The first-order valence-electron chi connectivity index (χ1n) is 10.7. The lowest BCUT2D eigenvalue weighted by Crippen LogP contribution is -2.38. The molecule has 1 aliphatic rings. The van der Waals surface area contributed by atoms with Crippen LogP contribution in [0, 0.1) is 29.1 Å². The van der Waals surface area contributed by atoms with Crippen molar-refractivity contribution >= 4 is 11.8 Å². The fourth-order valence-corrected chi connectivity index (χ4v) is 3.10. The average Bonchev–Trinajstić information content (AvgIpc) is 2.62. The Morgan fingerprint density at radius 1 is 0.862 bits per heavy atom. The maximum Gasteiger partial charge on any atom is 0.223 e. The molecule has 2 N–H and O–H groups in total. The zero-order chi connectivity index (χ0) is 21.9. The molecule has 0 aromatic heterocycles. The van der Waals surface area contributed by atoms with Crippen molar-refractivity contribution < 1.29 is 19.1 Å². The van der Waals surface area contributed by atoms with Gasteiger partial charge in [0, 0.05) is 23.8 Å². The maximum absolute atomic E-state index is 12.3. The van der Waals surface area contributed by atoms with E-state index in [0.717, 1.165) is 25.7 Å². The van der Waals surface area contributed by atoms with Crippen molar-refractivity contribution in [1.82, 2.24) is 10.6 Å². The highest BCUT2D eigenvalue weighted by molar-refractivity contribution is 5.81. The van der Waals surface area contributed by atoms with Crippen molar-refractivity contribution in [3.63, 3.8) is 0 Å². The molecule has 1 aliphatic carbocycles. The maximum atomic E-state index is 12.3. The van der Waals surface area contributed by atoms with Gasteiger partial charge in [-0.3, -0.25) is 9.59 Å². The number of ether oxygens (including phenoxy) is 2. The lowest BCUT2D eigenvalue weighted by molar-refractivity contribution is -0.130. The number of carbonyl (C=O) groups excluding carboxylic acids is 2. The van der Waals surface area contributed by atoms with Gasteiger partial charge in [0.25, 0.3) is 0 Å². The average molecular weight is 409 g/mol. The third-order valence-electron chi connectivity index (χ3n) is 4.59. The van der Waals surface area contributed by atoms with Gasteiger partial charge in [0.2, 0.25) is 11.8 Å². The molecule has 0 spiro atoms.